The number of hydrogen-bond acceptors (Lipinski definition) is 5. The van der Waals surface area contributed by atoms with Crippen LogP contribution in [-0.4, -0.2) is 44.9 Å². The number of nitrogens with zero attached hydrogens (tertiary/aromatic N) is 1. The second kappa shape index (κ2) is 9.95. The fourth-order valence-electron chi connectivity index (χ4n) is 3.26. The van der Waals surface area contributed by atoms with E-state index in [1.165, 1.54) is 10.4 Å². The standard InChI is InChI=1S/C22H28N2O5S/c1-3-14-29-20-11-10-17(15-21(20)28-4-2)22(25)23-18-8-7-9-19(16-18)30(26,27)24-12-5-6-13-24/h7-11,15-16H,3-6,12-14H2,1-2H3,(H,23,25). The quantitative estimate of drug-likeness (QED) is 0.649. The van der Waals surface area contributed by atoms with Crippen LogP contribution < -0.4 is 14.8 Å². The first-order valence-corrected chi connectivity index (χ1v) is 11.7. The molecular weight excluding hydrogens is 404 g/mol. The van der Waals surface area contributed by atoms with Gasteiger partial charge in [-0.2, -0.15) is 4.31 Å². The van der Waals surface area contributed by atoms with Gasteiger partial charge >= 0.3 is 0 Å². The Hall–Kier alpha value is -2.58. The Morgan fingerprint density at radius 3 is 2.50 bits per heavy atom. The van der Waals surface area contributed by atoms with Gasteiger partial charge in [0.2, 0.25) is 10.0 Å². The molecule has 0 spiro atoms. The van der Waals surface area contributed by atoms with Crippen LogP contribution in [0.2, 0.25) is 0 Å². The lowest BCUT2D eigenvalue weighted by molar-refractivity contribution is 0.102. The highest BCUT2D eigenvalue weighted by atomic mass is 32.2. The Balaban J connectivity index is 1.78. The van der Waals surface area contributed by atoms with Crippen LogP contribution in [0.1, 0.15) is 43.5 Å². The average Bonchev–Trinajstić information content (AvgIpc) is 3.29. The molecule has 1 heterocycles. The number of sulfonamides is 1. The molecule has 0 atom stereocenters. The van der Waals surface area contributed by atoms with Gasteiger partial charge in [0.25, 0.3) is 5.91 Å². The molecule has 7 nitrogen and oxygen atoms in total. The lowest BCUT2D eigenvalue weighted by Gasteiger charge is -2.16. The maximum atomic E-state index is 12.8. The predicted octanol–water partition coefficient (Wildman–Crippen LogP) is 3.91. The molecule has 3 rings (SSSR count). The van der Waals surface area contributed by atoms with Crippen LogP contribution in [0.15, 0.2) is 47.4 Å². The molecule has 1 N–H and O–H groups in total. The summed E-state index contributed by atoms with van der Waals surface area (Å²) in [4.78, 5) is 12.9. The SMILES string of the molecule is CCCOc1ccc(C(=O)Nc2cccc(S(=O)(=O)N3CCCC3)c2)cc1OCC. The van der Waals surface area contributed by atoms with Gasteiger partial charge in [-0.3, -0.25) is 4.79 Å². The van der Waals surface area contributed by atoms with Gasteiger partial charge in [-0.25, -0.2) is 8.42 Å². The molecule has 0 saturated carbocycles. The van der Waals surface area contributed by atoms with E-state index in [2.05, 4.69) is 5.32 Å². The number of carbonyl (C=O) groups excluding carboxylic acids is 1. The van der Waals surface area contributed by atoms with E-state index in [4.69, 9.17) is 9.47 Å². The van der Waals surface area contributed by atoms with Crippen molar-refractivity contribution in [2.45, 2.75) is 38.0 Å². The number of nitrogens with one attached hydrogen (secondary N) is 1. The third kappa shape index (κ3) is 5.12. The number of ether oxygens (including phenoxy) is 2. The smallest absolute Gasteiger partial charge is 0.255 e. The van der Waals surface area contributed by atoms with E-state index in [0.717, 1.165) is 19.3 Å². The summed E-state index contributed by atoms with van der Waals surface area (Å²) in [7, 11) is -3.54. The number of anilines is 1. The number of rotatable bonds is 9. The number of hydrogen-bond donors (Lipinski definition) is 1. The lowest BCUT2D eigenvalue weighted by atomic mass is 10.1. The van der Waals surface area contributed by atoms with Gasteiger partial charge in [0.1, 0.15) is 0 Å². The van der Waals surface area contributed by atoms with Crippen molar-refractivity contribution < 1.29 is 22.7 Å². The molecule has 2 aromatic carbocycles. The molecule has 0 radical (unpaired) electrons. The second-order valence-corrected chi connectivity index (χ2v) is 8.97. The number of benzene rings is 2. The summed E-state index contributed by atoms with van der Waals surface area (Å²) in [5.41, 5.74) is 0.819. The Bertz CT molecular complexity index is 985. The third-order valence-electron chi connectivity index (χ3n) is 4.76. The minimum atomic E-state index is -3.54. The minimum Gasteiger partial charge on any atom is -0.490 e. The fraction of sp³-hybridized carbons (Fsp3) is 0.409. The molecule has 1 saturated heterocycles. The van der Waals surface area contributed by atoms with Gasteiger partial charge in [0.05, 0.1) is 18.1 Å². The average molecular weight is 433 g/mol. The van der Waals surface area contributed by atoms with E-state index < -0.39 is 10.0 Å². The lowest BCUT2D eigenvalue weighted by Crippen LogP contribution is -2.27. The maximum absolute atomic E-state index is 12.8. The van der Waals surface area contributed by atoms with Crippen molar-refractivity contribution in [2.24, 2.45) is 0 Å². The van der Waals surface area contributed by atoms with Crippen molar-refractivity contribution >= 4 is 21.6 Å². The van der Waals surface area contributed by atoms with E-state index >= 15 is 0 Å². The van der Waals surface area contributed by atoms with Crippen LogP contribution in [0.3, 0.4) is 0 Å². The Kier molecular flexibility index (Phi) is 7.33. The van der Waals surface area contributed by atoms with E-state index in [0.29, 0.717) is 49.1 Å². The van der Waals surface area contributed by atoms with Crippen molar-refractivity contribution in [3.63, 3.8) is 0 Å². The summed E-state index contributed by atoms with van der Waals surface area (Å²) in [6, 6.07) is 11.4. The normalized spacial score (nSPS) is 14.5. The zero-order valence-corrected chi connectivity index (χ0v) is 18.2. The molecule has 30 heavy (non-hydrogen) atoms. The van der Waals surface area contributed by atoms with Crippen molar-refractivity contribution in [3.05, 3.63) is 48.0 Å². The first kappa shape index (κ1) is 22.1. The van der Waals surface area contributed by atoms with Gasteiger partial charge in [0, 0.05) is 24.3 Å². The molecule has 0 aliphatic carbocycles. The van der Waals surface area contributed by atoms with E-state index in [-0.39, 0.29) is 10.8 Å². The Morgan fingerprint density at radius 1 is 1.03 bits per heavy atom. The minimum absolute atomic E-state index is 0.181. The topological polar surface area (TPSA) is 84.9 Å². The number of carbonyl (C=O) groups is 1. The fourth-order valence-corrected chi connectivity index (χ4v) is 4.83. The molecule has 0 aromatic heterocycles. The van der Waals surface area contributed by atoms with Crippen LogP contribution in [-0.2, 0) is 10.0 Å². The maximum Gasteiger partial charge on any atom is 0.255 e. The summed E-state index contributed by atoms with van der Waals surface area (Å²) in [6.07, 6.45) is 2.61. The summed E-state index contributed by atoms with van der Waals surface area (Å²) in [5.74, 6) is 0.742. The molecule has 8 heteroatoms. The zero-order chi connectivity index (χ0) is 21.6. The van der Waals surface area contributed by atoms with Crippen LogP contribution in [0.5, 0.6) is 11.5 Å². The van der Waals surface area contributed by atoms with E-state index in [1.54, 1.807) is 36.4 Å². The van der Waals surface area contributed by atoms with Gasteiger partial charge < -0.3 is 14.8 Å². The summed E-state index contributed by atoms with van der Waals surface area (Å²) in [6.45, 7) is 5.95. The van der Waals surface area contributed by atoms with Gasteiger partial charge in [0.15, 0.2) is 11.5 Å². The summed E-state index contributed by atoms with van der Waals surface area (Å²) < 4.78 is 38.3. The molecule has 1 amide bonds. The summed E-state index contributed by atoms with van der Waals surface area (Å²) in [5, 5.41) is 2.77. The predicted molar refractivity (Wildman–Crippen MR) is 116 cm³/mol. The second-order valence-electron chi connectivity index (χ2n) is 7.04. The van der Waals surface area contributed by atoms with Gasteiger partial charge in [-0.1, -0.05) is 13.0 Å². The molecule has 1 aliphatic rings. The monoisotopic (exact) mass is 432 g/mol. The third-order valence-corrected chi connectivity index (χ3v) is 6.66. The molecule has 1 fully saturated rings. The Morgan fingerprint density at radius 2 is 1.80 bits per heavy atom. The Labute approximate surface area is 178 Å². The highest BCUT2D eigenvalue weighted by molar-refractivity contribution is 7.89. The van der Waals surface area contributed by atoms with E-state index in [9.17, 15) is 13.2 Å². The zero-order valence-electron chi connectivity index (χ0n) is 17.4. The van der Waals surface area contributed by atoms with Crippen molar-refractivity contribution in [1.82, 2.24) is 4.31 Å². The first-order valence-electron chi connectivity index (χ1n) is 10.3. The van der Waals surface area contributed by atoms with Crippen molar-refractivity contribution in [1.29, 1.82) is 0 Å². The van der Waals surface area contributed by atoms with E-state index in [1.807, 2.05) is 13.8 Å². The van der Waals surface area contributed by atoms with Gasteiger partial charge in [-0.05, 0) is 62.6 Å². The largest absolute Gasteiger partial charge is 0.490 e. The van der Waals surface area contributed by atoms with Crippen LogP contribution >= 0.6 is 0 Å². The molecular formula is C22H28N2O5S. The van der Waals surface area contributed by atoms with Crippen LogP contribution in [0.25, 0.3) is 0 Å². The molecule has 0 unspecified atom stereocenters. The molecule has 2 aromatic rings. The van der Waals surface area contributed by atoms with Crippen molar-refractivity contribution in [2.75, 3.05) is 31.6 Å². The van der Waals surface area contributed by atoms with Gasteiger partial charge in [-0.15, -0.1) is 0 Å². The first-order chi connectivity index (χ1) is 14.5. The molecule has 1 aliphatic heterocycles. The molecule has 162 valence electrons. The highest BCUT2D eigenvalue weighted by Crippen LogP contribution is 2.29. The highest BCUT2D eigenvalue weighted by Gasteiger charge is 2.27. The van der Waals surface area contributed by atoms with Crippen molar-refractivity contribution in [3.8, 4) is 11.5 Å². The molecule has 0 bridgehead atoms. The van der Waals surface area contributed by atoms with Crippen LogP contribution in [0, 0.1) is 0 Å². The summed E-state index contributed by atoms with van der Waals surface area (Å²) >= 11 is 0. The number of amides is 1. The van der Waals surface area contributed by atoms with Crippen LogP contribution in [0.4, 0.5) is 5.69 Å².